The predicted octanol–water partition coefficient (Wildman–Crippen LogP) is 3.06. The fourth-order valence-corrected chi connectivity index (χ4v) is 3.98. The second-order valence-electron chi connectivity index (χ2n) is 5.96. The molecule has 0 saturated carbocycles. The van der Waals surface area contributed by atoms with Gasteiger partial charge in [0, 0.05) is 35.7 Å². The molecule has 0 aromatic carbocycles. The Morgan fingerprint density at radius 1 is 1.35 bits per heavy atom. The van der Waals surface area contributed by atoms with Gasteiger partial charge in [-0.25, -0.2) is 0 Å². The SMILES string of the molecule is O=C(O)CC1CC2CCC(C1)N2Cc1ccc(Br)cn1. The Hall–Kier alpha value is -0.940. The Kier molecular flexibility index (Phi) is 4.08. The minimum atomic E-state index is -0.655. The lowest BCUT2D eigenvalue weighted by Crippen LogP contribution is -2.42. The number of hydrogen-bond acceptors (Lipinski definition) is 3. The van der Waals surface area contributed by atoms with E-state index in [4.69, 9.17) is 5.11 Å². The molecule has 2 aliphatic rings. The van der Waals surface area contributed by atoms with Crippen LogP contribution in [0.3, 0.4) is 0 Å². The molecule has 2 saturated heterocycles. The van der Waals surface area contributed by atoms with Crippen molar-refractivity contribution >= 4 is 21.9 Å². The molecule has 108 valence electrons. The number of carboxylic acids is 1. The van der Waals surface area contributed by atoms with Crippen molar-refractivity contribution in [3.63, 3.8) is 0 Å². The van der Waals surface area contributed by atoms with Crippen LogP contribution in [0.15, 0.2) is 22.8 Å². The van der Waals surface area contributed by atoms with Gasteiger partial charge in [-0.05, 0) is 59.7 Å². The number of aromatic nitrogens is 1. The van der Waals surface area contributed by atoms with E-state index in [2.05, 4.69) is 31.9 Å². The lowest BCUT2D eigenvalue weighted by Gasteiger charge is -2.38. The van der Waals surface area contributed by atoms with E-state index in [1.165, 1.54) is 12.8 Å². The van der Waals surface area contributed by atoms with Crippen molar-refractivity contribution in [3.8, 4) is 0 Å². The summed E-state index contributed by atoms with van der Waals surface area (Å²) in [4.78, 5) is 17.9. The standard InChI is InChI=1S/C15H19BrN2O2/c16-11-1-2-12(17-8-11)9-18-13-3-4-14(18)6-10(5-13)7-15(19)20/h1-2,8,10,13-14H,3-7,9H2,(H,19,20). The summed E-state index contributed by atoms with van der Waals surface area (Å²) in [6.45, 7) is 0.891. The summed E-state index contributed by atoms with van der Waals surface area (Å²) in [6.07, 6.45) is 6.64. The summed E-state index contributed by atoms with van der Waals surface area (Å²) in [7, 11) is 0. The van der Waals surface area contributed by atoms with Crippen LogP contribution in [-0.4, -0.2) is 33.0 Å². The van der Waals surface area contributed by atoms with E-state index in [9.17, 15) is 4.79 Å². The third-order valence-corrected chi connectivity index (χ3v) is 5.05. The Balaban J connectivity index is 1.65. The Morgan fingerprint density at radius 2 is 2.05 bits per heavy atom. The molecule has 1 aromatic heterocycles. The lowest BCUT2D eigenvalue weighted by molar-refractivity contribution is -0.138. The number of carbonyl (C=O) groups is 1. The zero-order chi connectivity index (χ0) is 14.1. The number of pyridine rings is 1. The minimum absolute atomic E-state index is 0.331. The van der Waals surface area contributed by atoms with Crippen LogP contribution < -0.4 is 0 Å². The molecule has 2 aliphatic heterocycles. The average Bonchev–Trinajstić information content (AvgIpc) is 2.63. The van der Waals surface area contributed by atoms with E-state index in [1.54, 1.807) is 0 Å². The summed E-state index contributed by atoms with van der Waals surface area (Å²) < 4.78 is 1.00. The Bertz CT molecular complexity index is 477. The first-order valence-electron chi connectivity index (χ1n) is 7.20. The van der Waals surface area contributed by atoms with E-state index in [1.807, 2.05) is 12.3 Å². The molecule has 0 spiro atoms. The third kappa shape index (κ3) is 3.04. The summed E-state index contributed by atoms with van der Waals surface area (Å²) in [5, 5.41) is 8.96. The molecular formula is C15H19BrN2O2. The molecule has 3 rings (SSSR count). The maximum Gasteiger partial charge on any atom is 0.303 e. The van der Waals surface area contributed by atoms with Crippen LogP contribution in [0, 0.1) is 5.92 Å². The largest absolute Gasteiger partial charge is 0.481 e. The molecule has 3 heterocycles. The number of fused-ring (bicyclic) bond motifs is 2. The van der Waals surface area contributed by atoms with Gasteiger partial charge >= 0.3 is 5.97 Å². The predicted molar refractivity (Wildman–Crippen MR) is 79.3 cm³/mol. The molecule has 20 heavy (non-hydrogen) atoms. The first-order valence-corrected chi connectivity index (χ1v) is 7.99. The quantitative estimate of drug-likeness (QED) is 0.916. The minimum Gasteiger partial charge on any atom is -0.481 e. The van der Waals surface area contributed by atoms with Crippen LogP contribution in [0.4, 0.5) is 0 Å². The van der Waals surface area contributed by atoms with Gasteiger partial charge in [-0.2, -0.15) is 0 Å². The highest BCUT2D eigenvalue weighted by Gasteiger charge is 2.40. The maximum atomic E-state index is 10.9. The number of carboxylic acid groups (broad SMARTS) is 1. The van der Waals surface area contributed by atoms with Crippen molar-refractivity contribution in [2.75, 3.05) is 0 Å². The normalized spacial score (nSPS) is 29.6. The molecule has 5 heteroatoms. The third-order valence-electron chi connectivity index (χ3n) is 4.58. The molecule has 2 atom stereocenters. The molecule has 2 fully saturated rings. The van der Waals surface area contributed by atoms with Crippen molar-refractivity contribution in [2.45, 2.75) is 50.7 Å². The van der Waals surface area contributed by atoms with Crippen LogP contribution in [0.5, 0.6) is 0 Å². The van der Waals surface area contributed by atoms with E-state index >= 15 is 0 Å². The summed E-state index contributed by atoms with van der Waals surface area (Å²) in [5.41, 5.74) is 1.10. The monoisotopic (exact) mass is 338 g/mol. The van der Waals surface area contributed by atoms with Gasteiger partial charge < -0.3 is 5.11 Å². The van der Waals surface area contributed by atoms with Crippen molar-refractivity contribution < 1.29 is 9.90 Å². The summed E-state index contributed by atoms with van der Waals surface area (Å²) >= 11 is 3.41. The van der Waals surface area contributed by atoms with Crippen LogP contribution in [-0.2, 0) is 11.3 Å². The van der Waals surface area contributed by atoms with Gasteiger partial charge in [0.25, 0.3) is 0 Å². The van der Waals surface area contributed by atoms with Crippen LogP contribution in [0.25, 0.3) is 0 Å². The molecule has 0 amide bonds. The van der Waals surface area contributed by atoms with Gasteiger partial charge in [-0.1, -0.05) is 0 Å². The first-order chi connectivity index (χ1) is 9.61. The number of rotatable bonds is 4. The van der Waals surface area contributed by atoms with E-state index < -0.39 is 5.97 Å². The molecule has 2 unspecified atom stereocenters. The van der Waals surface area contributed by atoms with Crippen molar-refractivity contribution in [1.82, 2.24) is 9.88 Å². The number of halogens is 1. The van der Waals surface area contributed by atoms with Crippen molar-refractivity contribution in [2.24, 2.45) is 5.92 Å². The topological polar surface area (TPSA) is 53.4 Å². The maximum absolute atomic E-state index is 10.9. The van der Waals surface area contributed by atoms with Gasteiger partial charge in [0.05, 0.1) is 5.69 Å². The molecule has 4 nitrogen and oxygen atoms in total. The van der Waals surface area contributed by atoms with Crippen LogP contribution in [0.2, 0.25) is 0 Å². The zero-order valence-corrected chi connectivity index (χ0v) is 12.9. The molecule has 1 aromatic rings. The molecule has 0 radical (unpaired) electrons. The van der Waals surface area contributed by atoms with Gasteiger partial charge in [0.1, 0.15) is 0 Å². The number of piperidine rings is 1. The smallest absolute Gasteiger partial charge is 0.303 e. The molecule has 0 aliphatic carbocycles. The molecular weight excluding hydrogens is 320 g/mol. The fourth-order valence-electron chi connectivity index (χ4n) is 3.75. The average molecular weight is 339 g/mol. The highest BCUT2D eigenvalue weighted by atomic mass is 79.9. The van der Waals surface area contributed by atoms with Gasteiger partial charge in [-0.3, -0.25) is 14.7 Å². The van der Waals surface area contributed by atoms with Crippen molar-refractivity contribution in [3.05, 3.63) is 28.5 Å². The Labute approximate surface area is 127 Å². The highest BCUT2D eigenvalue weighted by Crippen LogP contribution is 2.40. The number of aliphatic carboxylic acids is 1. The van der Waals surface area contributed by atoms with Crippen LogP contribution in [0.1, 0.15) is 37.8 Å². The molecule has 1 N–H and O–H groups in total. The number of nitrogens with zero attached hydrogens (tertiary/aromatic N) is 2. The lowest BCUT2D eigenvalue weighted by atomic mass is 9.88. The van der Waals surface area contributed by atoms with E-state index in [-0.39, 0.29) is 0 Å². The van der Waals surface area contributed by atoms with Gasteiger partial charge in [-0.15, -0.1) is 0 Å². The summed E-state index contributed by atoms with van der Waals surface area (Å²) in [5.74, 6) is -0.295. The highest BCUT2D eigenvalue weighted by molar-refractivity contribution is 9.10. The van der Waals surface area contributed by atoms with E-state index in [0.29, 0.717) is 24.4 Å². The van der Waals surface area contributed by atoms with Crippen LogP contribution >= 0.6 is 15.9 Å². The fraction of sp³-hybridized carbons (Fsp3) is 0.600. The van der Waals surface area contributed by atoms with Gasteiger partial charge in [0.15, 0.2) is 0 Å². The zero-order valence-electron chi connectivity index (χ0n) is 11.3. The summed E-state index contributed by atoms with van der Waals surface area (Å²) in [6, 6.07) is 5.18. The number of hydrogen-bond donors (Lipinski definition) is 1. The molecule has 2 bridgehead atoms. The first kappa shape index (κ1) is 14.0. The Morgan fingerprint density at radius 3 is 2.60 bits per heavy atom. The second kappa shape index (κ2) is 5.82. The van der Waals surface area contributed by atoms with Crippen molar-refractivity contribution in [1.29, 1.82) is 0 Å². The van der Waals surface area contributed by atoms with Gasteiger partial charge in [0.2, 0.25) is 0 Å². The second-order valence-corrected chi connectivity index (χ2v) is 6.88. The van der Waals surface area contributed by atoms with E-state index in [0.717, 1.165) is 29.6 Å².